The zero-order valence-electron chi connectivity index (χ0n) is 21.7. The summed E-state index contributed by atoms with van der Waals surface area (Å²) in [7, 11) is -0.424. The summed E-state index contributed by atoms with van der Waals surface area (Å²) in [5.41, 5.74) is 0.646. The molecule has 1 aromatic carbocycles. The monoisotopic (exact) mass is 566 g/mol. The number of sulfonamides is 1. The minimum atomic E-state index is -3.62. The maximum absolute atomic E-state index is 14.0. The minimum Gasteiger partial charge on any atom is -0.495 e. The molecule has 4 rings (SSSR count). The number of piperidine rings is 1. The largest absolute Gasteiger partial charge is 0.495 e. The number of thiophene rings is 1. The summed E-state index contributed by atoms with van der Waals surface area (Å²) in [5.74, 6) is 0.730. The predicted octanol–water partition coefficient (Wildman–Crippen LogP) is 4.15. The Kier molecular flexibility index (Phi) is 9.07. The zero-order chi connectivity index (χ0) is 26.6. The average Bonchev–Trinajstić information content (AvgIpc) is 3.62. The van der Waals surface area contributed by atoms with Gasteiger partial charge in [0.05, 0.1) is 20.1 Å². The van der Waals surface area contributed by atoms with Crippen molar-refractivity contribution in [2.45, 2.75) is 30.9 Å². The number of carbonyl (C=O) groups is 1. The maximum atomic E-state index is 14.0. The normalized spacial score (nSPS) is 16.8. The van der Waals surface area contributed by atoms with Crippen LogP contribution in [-0.4, -0.2) is 82.0 Å². The van der Waals surface area contributed by atoms with E-state index in [-0.39, 0.29) is 12.5 Å². The summed E-state index contributed by atoms with van der Waals surface area (Å²) in [5, 5.41) is 2.32. The van der Waals surface area contributed by atoms with Crippen LogP contribution in [0, 0.1) is 5.92 Å². The lowest BCUT2D eigenvalue weighted by Crippen LogP contribution is -2.48. The van der Waals surface area contributed by atoms with Crippen molar-refractivity contribution < 1.29 is 22.7 Å². The number of anilines is 1. The van der Waals surface area contributed by atoms with Crippen molar-refractivity contribution in [1.82, 2.24) is 14.2 Å². The number of fused-ring (bicyclic) bond motifs is 1. The molecular formula is C25H34N4O5S3. The van der Waals surface area contributed by atoms with Crippen LogP contribution in [0.5, 0.6) is 11.5 Å². The summed E-state index contributed by atoms with van der Waals surface area (Å²) in [6, 6.07) is 6.99. The molecular weight excluding hydrogens is 532 g/mol. The number of carbonyl (C=O) groups excluding carboxylic acids is 1. The van der Waals surface area contributed by atoms with Gasteiger partial charge in [0.15, 0.2) is 5.13 Å². The molecule has 1 aliphatic rings. The first-order valence-corrected chi connectivity index (χ1v) is 15.6. The van der Waals surface area contributed by atoms with Gasteiger partial charge in [0.1, 0.15) is 25.9 Å². The SMILES string of the molecule is CCN(CC)CCN(C(=O)C1CCCN(S(=O)(=O)c2cccs2)C1)c1nc2c(OC)ccc(OC)c2s1. The van der Waals surface area contributed by atoms with Gasteiger partial charge in [0, 0.05) is 26.2 Å². The molecule has 12 heteroatoms. The number of methoxy groups -OCH3 is 2. The van der Waals surface area contributed by atoms with E-state index >= 15 is 0 Å². The first kappa shape index (κ1) is 27.8. The summed E-state index contributed by atoms with van der Waals surface area (Å²) in [6.07, 6.45) is 1.26. The molecule has 3 aromatic rings. The molecule has 1 fully saturated rings. The number of likely N-dealkylation sites (N-methyl/N-ethyl adjacent to an activating group) is 1. The molecule has 0 aliphatic carbocycles. The number of thiazole rings is 1. The van der Waals surface area contributed by atoms with Crippen LogP contribution in [0.25, 0.3) is 10.2 Å². The Bertz CT molecular complexity index is 1260. The van der Waals surface area contributed by atoms with Gasteiger partial charge in [0.2, 0.25) is 5.91 Å². The molecule has 2 aromatic heterocycles. The smallest absolute Gasteiger partial charge is 0.252 e. The molecule has 3 heterocycles. The Morgan fingerprint density at radius 3 is 2.51 bits per heavy atom. The average molecular weight is 567 g/mol. The van der Waals surface area contributed by atoms with Crippen molar-refractivity contribution in [2.24, 2.45) is 5.92 Å². The van der Waals surface area contributed by atoms with Crippen LogP contribution in [0.2, 0.25) is 0 Å². The van der Waals surface area contributed by atoms with Gasteiger partial charge in [0.25, 0.3) is 10.0 Å². The predicted molar refractivity (Wildman–Crippen MR) is 149 cm³/mol. The third kappa shape index (κ3) is 5.78. The second-order valence-corrected chi connectivity index (χ2v) is 12.9. The van der Waals surface area contributed by atoms with Crippen molar-refractivity contribution in [1.29, 1.82) is 0 Å². The van der Waals surface area contributed by atoms with Crippen LogP contribution in [0.15, 0.2) is 33.9 Å². The van der Waals surface area contributed by atoms with Crippen LogP contribution >= 0.6 is 22.7 Å². The highest BCUT2D eigenvalue weighted by Gasteiger charge is 2.36. The first-order chi connectivity index (χ1) is 17.8. The van der Waals surface area contributed by atoms with Crippen molar-refractivity contribution in [3.63, 3.8) is 0 Å². The number of hydrogen-bond donors (Lipinski definition) is 0. The van der Waals surface area contributed by atoms with E-state index in [1.54, 1.807) is 42.7 Å². The number of aromatic nitrogens is 1. The Labute approximate surface area is 226 Å². The highest BCUT2D eigenvalue weighted by Crippen LogP contribution is 2.40. The van der Waals surface area contributed by atoms with Crippen LogP contribution < -0.4 is 14.4 Å². The van der Waals surface area contributed by atoms with E-state index in [1.165, 1.54) is 27.0 Å². The lowest BCUT2D eigenvalue weighted by atomic mass is 9.98. The van der Waals surface area contributed by atoms with Crippen LogP contribution in [-0.2, 0) is 14.8 Å². The summed E-state index contributed by atoms with van der Waals surface area (Å²) < 4.78 is 40.0. The number of rotatable bonds is 11. The quantitative estimate of drug-likeness (QED) is 0.344. The molecule has 0 spiro atoms. The molecule has 202 valence electrons. The molecule has 0 radical (unpaired) electrons. The third-order valence-electron chi connectivity index (χ3n) is 6.75. The molecule has 0 bridgehead atoms. The van der Waals surface area contributed by atoms with Crippen molar-refractivity contribution >= 4 is 54.0 Å². The Balaban J connectivity index is 1.66. The molecule has 1 atom stereocenters. The summed E-state index contributed by atoms with van der Waals surface area (Å²) in [4.78, 5) is 22.8. The highest BCUT2D eigenvalue weighted by atomic mass is 32.2. The fourth-order valence-corrected chi connectivity index (χ4v) is 8.37. The van der Waals surface area contributed by atoms with E-state index < -0.39 is 15.9 Å². The number of amides is 1. The highest BCUT2D eigenvalue weighted by molar-refractivity contribution is 7.91. The topological polar surface area (TPSA) is 92.3 Å². The van der Waals surface area contributed by atoms with Crippen LogP contribution in [0.1, 0.15) is 26.7 Å². The van der Waals surface area contributed by atoms with Crippen molar-refractivity contribution in [3.05, 3.63) is 29.6 Å². The second kappa shape index (κ2) is 12.1. The van der Waals surface area contributed by atoms with Gasteiger partial charge in [-0.25, -0.2) is 13.4 Å². The van der Waals surface area contributed by atoms with E-state index in [4.69, 9.17) is 14.5 Å². The van der Waals surface area contributed by atoms with E-state index in [0.29, 0.717) is 58.8 Å². The van der Waals surface area contributed by atoms with Gasteiger partial charge in [-0.05, 0) is 49.5 Å². The molecule has 0 N–H and O–H groups in total. The minimum absolute atomic E-state index is 0.102. The Hall–Kier alpha value is -2.25. The summed E-state index contributed by atoms with van der Waals surface area (Å²) in [6.45, 7) is 7.66. The van der Waals surface area contributed by atoms with Crippen molar-refractivity contribution in [2.75, 3.05) is 58.4 Å². The van der Waals surface area contributed by atoms with Gasteiger partial charge in [-0.1, -0.05) is 31.3 Å². The standard InChI is InChI=1S/C25H34N4O5S3/c1-5-27(6-2)14-15-29(25-26-22-19(33-3)11-12-20(34-4)23(22)36-25)24(30)18-9-7-13-28(17-18)37(31,32)21-10-8-16-35-21/h8,10-12,16,18H,5-7,9,13-15,17H2,1-4H3. The number of benzene rings is 1. The van der Waals surface area contributed by atoms with Gasteiger partial charge in [-0.2, -0.15) is 4.31 Å². The van der Waals surface area contributed by atoms with E-state index in [1.807, 2.05) is 6.07 Å². The molecule has 9 nitrogen and oxygen atoms in total. The van der Waals surface area contributed by atoms with Crippen molar-refractivity contribution in [3.8, 4) is 11.5 Å². The molecule has 1 aliphatic heterocycles. The van der Waals surface area contributed by atoms with Gasteiger partial charge < -0.3 is 14.4 Å². The van der Waals surface area contributed by atoms with Gasteiger partial charge in [-0.15, -0.1) is 11.3 Å². The van der Waals surface area contributed by atoms with Gasteiger partial charge >= 0.3 is 0 Å². The first-order valence-electron chi connectivity index (χ1n) is 12.4. The number of ether oxygens (including phenoxy) is 2. The van der Waals surface area contributed by atoms with E-state index in [2.05, 4.69) is 18.7 Å². The molecule has 37 heavy (non-hydrogen) atoms. The molecule has 1 unspecified atom stereocenters. The molecule has 1 saturated heterocycles. The van der Waals surface area contributed by atoms with Crippen LogP contribution in [0.4, 0.5) is 5.13 Å². The third-order valence-corrected chi connectivity index (χ3v) is 11.1. The fraction of sp³-hybridized carbons (Fsp3) is 0.520. The lowest BCUT2D eigenvalue weighted by Gasteiger charge is -2.34. The number of hydrogen-bond acceptors (Lipinski definition) is 9. The number of nitrogens with zero attached hydrogens (tertiary/aromatic N) is 4. The zero-order valence-corrected chi connectivity index (χ0v) is 24.1. The fourth-order valence-electron chi connectivity index (χ4n) is 4.59. The van der Waals surface area contributed by atoms with Gasteiger partial charge in [-0.3, -0.25) is 9.69 Å². The summed E-state index contributed by atoms with van der Waals surface area (Å²) >= 11 is 2.59. The molecule has 0 saturated carbocycles. The maximum Gasteiger partial charge on any atom is 0.252 e. The van der Waals surface area contributed by atoms with Crippen LogP contribution in [0.3, 0.4) is 0 Å². The second-order valence-electron chi connectivity index (χ2n) is 8.80. The Morgan fingerprint density at radius 1 is 1.14 bits per heavy atom. The lowest BCUT2D eigenvalue weighted by molar-refractivity contribution is -0.123. The molecule has 1 amide bonds. The van der Waals surface area contributed by atoms with E-state index in [9.17, 15) is 13.2 Å². The van der Waals surface area contributed by atoms with E-state index in [0.717, 1.165) is 17.8 Å². The Morgan fingerprint density at radius 2 is 1.86 bits per heavy atom.